The Bertz CT molecular complexity index is 1190. The average molecular weight is 451 g/mol. The molecule has 0 aliphatic heterocycles. The summed E-state index contributed by atoms with van der Waals surface area (Å²) in [5.41, 5.74) is -0.698. The Morgan fingerprint density at radius 2 is 1.91 bits per heavy atom. The minimum atomic E-state index is -4.61. The van der Waals surface area contributed by atoms with Crippen LogP contribution in [0.4, 0.5) is 19.0 Å². The summed E-state index contributed by atoms with van der Waals surface area (Å²) in [6.45, 7) is -0.216. The summed E-state index contributed by atoms with van der Waals surface area (Å²) in [6, 6.07) is 2.16. The Morgan fingerprint density at radius 1 is 1.16 bits per heavy atom. The van der Waals surface area contributed by atoms with E-state index in [1.807, 2.05) is 0 Å². The van der Waals surface area contributed by atoms with Crippen LogP contribution in [0.5, 0.6) is 0 Å². The molecule has 0 radical (unpaired) electrons. The molecule has 0 aromatic carbocycles. The Kier molecular flexibility index (Phi) is 6.32. The molecule has 0 atom stereocenters. The molecule has 0 aliphatic rings. The maximum atomic E-state index is 12.8. The van der Waals surface area contributed by atoms with E-state index < -0.39 is 29.7 Å². The number of alkyl halides is 3. The first-order valence-electron chi connectivity index (χ1n) is 9.06. The largest absolute Gasteiger partial charge is 0.481 e. The second kappa shape index (κ2) is 8.95. The summed E-state index contributed by atoms with van der Waals surface area (Å²) in [4.78, 5) is 46.4. The standard InChI is InChI=1S/C18H16F3N7O4/c1-28-15-13(16(27-28)26-11(29)2-3-12(30)31)24-8-25-14(15)17(32)23-7-9-4-5-22-10(6-9)18(19,20)21/h4-6,8H,2-3,7H2,1H3,(H,23,32)(H,30,31)(H,26,27,29). The summed E-state index contributed by atoms with van der Waals surface area (Å²) >= 11 is 0. The number of rotatable bonds is 7. The number of carbonyl (C=O) groups excluding carboxylic acids is 2. The van der Waals surface area contributed by atoms with Gasteiger partial charge >= 0.3 is 12.1 Å². The molecule has 2 amide bonds. The first kappa shape index (κ1) is 22.6. The number of aromatic nitrogens is 5. The van der Waals surface area contributed by atoms with Gasteiger partial charge in [0.05, 0.1) is 6.42 Å². The molecule has 14 heteroatoms. The molecular formula is C18H16F3N7O4. The highest BCUT2D eigenvalue weighted by Crippen LogP contribution is 2.27. The number of nitrogens with zero attached hydrogens (tertiary/aromatic N) is 5. The van der Waals surface area contributed by atoms with Crippen molar-refractivity contribution in [3.05, 3.63) is 41.6 Å². The summed E-state index contributed by atoms with van der Waals surface area (Å²) < 4.78 is 39.6. The van der Waals surface area contributed by atoms with Crippen LogP contribution < -0.4 is 10.6 Å². The summed E-state index contributed by atoms with van der Waals surface area (Å²) in [6.07, 6.45) is -3.20. The fraction of sp³-hybridized carbons (Fsp3) is 0.278. The zero-order valence-corrected chi connectivity index (χ0v) is 16.5. The lowest BCUT2D eigenvalue weighted by molar-refractivity contribution is -0.141. The van der Waals surface area contributed by atoms with Crippen LogP contribution in [0.3, 0.4) is 0 Å². The fourth-order valence-electron chi connectivity index (χ4n) is 2.78. The van der Waals surface area contributed by atoms with Gasteiger partial charge in [0, 0.05) is 26.2 Å². The first-order chi connectivity index (χ1) is 15.1. The third-order valence-corrected chi connectivity index (χ3v) is 4.23. The van der Waals surface area contributed by atoms with Crippen molar-refractivity contribution in [3.63, 3.8) is 0 Å². The number of nitrogens with one attached hydrogen (secondary N) is 2. The van der Waals surface area contributed by atoms with Gasteiger partial charge in [-0.15, -0.1) is 0 Å². The topological polar surface area (TPSA) is 152 Å². The number of amides is 2. The predicted molar refractivity (Wildman–Crippen MR) is 102 cm³/mol. The highest BCUT2D eigenvalue weighted by Gasteiger charge is 2.32. The molecule has 3 N–H and O–H groups in total. The first-order valence-corrected chi connectivity index (χ1v) is 9.06. The number of carbonyl (C=O) groups is 3. The molecule has 3 rings (SSSR count). The fourth-order valence-corrected chi connectivity index (χ4v) is 2.78. The monoisotopic (exact) mass is 451 g/mol. The number of carboxylic acid groups (broad SMARTS) is 1. The quantitative estimate of drug-likeness (QED) is 0.489. The Morgan fingerprint density at radius 3 is 2.59 bits per heavy atom. The average Bonchev–Trinajstić information content (AvgIpc) is 3.05. The van der Waals surface area contributed by atoms with E-state index >= 15 is 0 Å². The summed E-state index contributed by atoms with van der Waals surface area (Å²) in [5.74, 6) is -2.42. The Hall–Kier alpha value is -4.10. The molecule has 3 aromatic heterocycles. The van der Waals surface area contributed by atoms with Crippen LogP contribution in [0.15, 0.2) is 24.7 Å². The highest BCUT2D eigenvalue weighted by molar-refractivity contribution is 6.07. The number of aliphatic carboxylic acids is 1. The minimum absolute atomic E-state index is 0.0123. The molecule has 3 aromatic rings. The number of halogens is 3. The van der Waals surface area contributed by atoms with Crippen LogP contribution in [0.2, 0.25) is 0 Å². The molecule has 11 nitrogen and oxygen atoms in total. The molecule has 0 fully saturated rings. The molecule has 0 unspecified atom stereocenters. The van der Waals surface area contributed by atoms with Crippen LogP contribution in [0.25, 0.3) is 11.0 Å². The van der Waals surface area contributed by atoms with Crippen molar-refractivity contribution in [1.82, 2.24) is 30.0 Å². The van der Waals surface area contributed by atoms with E-state index in [9.17, 15) is 27.6 Å². The molecule has 0 aliphatic carbocycles. The van der Waals surface area contributed by atoms with Crippen molar-refractivity contribution in [3.8, 4) is 0 Å². The van der Waals surface area contributed by atoms with E-state index in [1.54, 1.807) is 0 Å². The van der Waals surface area contributed by atoms with Gasteiger partial charge in [-0.2, -0.15) is 18.3 Å². The van der Waals surface area contributed by atoms with Gasteiger partial charge in [0.1, 0.15) is 23.1 Å². The van der Waals surface area contributed by atoms with Crippen molar-refractivity contribution in [2.45, 2.75) is 25.6 Å². The SMILES string of the molecule is Cn1nc(NC(=O)CCC(=O)O)c2ncnc(C(=O)NCc3ccnc(C(F)(F)F)c3)c21. The maximum absolute atomic E-state index is 12.8. The minimum Gasteiger partial charge on any atom is -0.481 e. The van der Waals surface area contributed by atoms with Gasteiger partial charge in [-0.3, -0.25) is 24.0 Å². The second-order valence-electron chi connectivity index (χ2n) is 6.56. The van der Waals surface area contributed by atoms with E-state index in [0.717, 1.165) is 18.6 Å². The molecule has 0 bridgehead atoms. The number of anilines is 1. The second-order valence-corrected chi connectivity index (χ2v) is 6.56. The van der Waals surface area contributed by atoms with Gasteiger partial charge in [-0.05, 0) is 17.7 Å². The van der Waals surface area contributed by atoms with Gasteiger partial charge in [0.25, 0.3) is 5.91 Å². The van der Waals surface area contributed by atoms with Gasteiger partial charge < -0.3 is 15.7 Å². The maximum Gasteiger partial charge on any atom is 0.433 e. The van der Waals surface area contributed by atoms with Crippen molar-refractivity contribution < 1.29 is 32.7 Å². The van der Waals surface area contributed by atoms with Gasteiger partial charge in [-0.25, -0.2) is 9.97 Å². The van der Waals surface area contributed by atoms with Crippen molar-refractivity contribution in [2.24, 2.45) is 7.05 Å². The third kappa shape index (κ3) is 5.14. The van der Waals surface area contributed by atoms with Gasteiger partial charge in [-0.1, -0.05) is 0 Å². The molecule has 0 spiro atoms. The molecule has 3 heterocycles. The van der Waals surface area contributed by atoms with E-state index in [2.05, 4.69) is 30.7 Å². The molecule has 0 saturated carbocycles. The number of hydrogen-bond acceptors (Lipinski definition) is 7. The van der Waals surface area contributed by atoms with Crippen LogP contribution in [0, 0.1) is 0 Å². The predicted octanol–water partition coefficient (Wildman–Crippen LogP) is 1.51. The summed E-state index contributed by atoms with van der Waals surface area (Å²) in [7, 11) is 1.48. The van der Waals surface area contributed by atoms with Gasteiger partial charge in [0.2, 0.25) is 5.91 Å². The zero-order chi connectivity index (χ0) is 23.5. The van der Waals surface area contributed by atoms with Gasteiger partial charge in [0.15, 0.2) is 11.5 Å². The zero-order valence-electron chi connectivity index (χ0n) is 16.5. The Balaban J connectivity index is 1.79. The normalized spacial score (nSPS) is 11.4. The molecule has 0 saturated heterocycles. The lowest BCUT2D eigenvalue weighted by atomic mass is 10.2. The molecule has 168 valence electrons. The lowest BCUT2D eigenvalue weighted by Gasteiger charge is -2.09. The third-order valence-electron chi connectivity index (χ3n) is 4.23. The Labute approximate surface area is 177 Å². The van der Waals surface area contributed by atoms with Crippen molar-refractivity contribution >= 4 is 34.6 Å². The van der Waals surface area contributed by atoms with Crippen molar-refractivity contribution in [1.29, 1.82) is 0 Å². The van der Waals surface area contributed by atoms with Crippen LogP contribution in [-0.4, -0.2) is 47.6 Å². The van der Waals surface area contributed by atoms with Crippen LogP contribution in [0.1, 0.15) is 34.6 Å². The summed E-state index contributed by atoms with van der Waals surface area (Å²) in [5, 5.41) is 17.7. The van der Waals surface area contributed by atoms with E-state index in [1.165, 1.54) is 17.8 Å². The van der Waals surface area contributed by atoms with Crippen LogP contribution in [-0.2, 0) is 29.4 Å². The van der Waals surface area contributed by atoms with E-state index in [-0.39, 0.29) is 47.5 Å². The number of hydrogen-bond donors (Lipinski definition) is 3. The van der Waals surface area contributed by atoms with E-state index in [0.29, 0.717) is 0 Å². The smallest absolute Gasteiger partial charge is 0.433 e. The number of aryl methyl sites for hydroxylation is 1. The number of pyridine rings is 1. The molecule has 32 heavy (non-hydrogen) atoms. The number of fused-ring (bicyclic) bond motifs is 1. The highest BCUT2D eigenvalue weighted by atomic mass is 19.4. The lowest BCUT2D eigenvalue weighted by Crippen LogP contribution is -2.25. The molecular weight excluding hydrogens is 435 g/mol. The van der Waals surface area contributed by atoms with Crippen LogP contribution >= 0.6 is 0 Å². The van der Waals surface area contributed by atoms with E-state index in [4.69, 9.17) is 5.11 Å². The van der Waals surface area contributed by atoms with Crippen molar-refractivity contribution in [2.75, 3.05) is 5.32 Å². The number of carboxylic acids is 1.